The third kappa shape index (κ3) is 3.27. The molecule has 0 radical (unpaired) electrons. The fourth-order valence-electron chi connectivity index (χ4n) is 3.44. The summed E-state index contributed by atoms with van der Waals surface area (Å²) in [6.45, 7) is 3.22. The lowest BCUT2D eigenvalue weighted by atomic mass is 9.97. The highest BCUT2D eigenvalue weighted by Gasteiger charge is 2.37. The minimum Gasteiger partial charge on any atom is -0.324 e. The van der Waals surface area contributed by atoms with Gasteiger partial charge in [0, 0.05) is 12.2 Å². The molecule has 0 aromatic heterocycles. The van der Waals surface area contributed by atoms with Crippen LogP contribution in [0.25, 0.3) is 0 Å². The van der Waals surface area contributed by atoms with Crippen LogP contribution in [0.4, 0.5) is 5.69 Å². The number of nitrogens with two attached hydrogens (primary N) is 1. The molecule has 1 heterocycles. The second-order valence-corrected chi connectivity index (χ2v) is 6.46. The standard InChI is InChI=1S/C17H25N3O/c18-17(9-3-4-10-17)16(21)19-15-8-2-1-7-14(15)13-20-11-5-6-12-20/h1-2,7-8H,3-6,9-13,18H2,(H,19,21). The topological polar surface area (TPSA) is 58.4 Å². The van der Waals surface area contributed by atoms with E-state index in [0.29, 0.717) is 0 Å². The second kappa shape index (κ2) is 6.16. The first-order valence-electron chi connectivity index (χ1n) is 8.08. The van der Waals surface area contributed by atoms with Crippen molar-refractivity contribution < 1.29 is 4.79 Å². The van der Waals surface area contributed by atoms with Crippen molar-refractivity contribution in [3.05, 3.63) is 29.8 Å². The third-order valence-corrected chi connectivity index (χ3v) is 4.81. The van der Waals surface area contributed by atoms with Crippen LogP contribution in [-0.4, -0.2) is 29.4 Å². The molecule has 0 unspecified atom stereocenters. The zero-order valence-corrected chi connectivity index (χ0v) is 12.6. The van der Waals surface area contributed by atoms with Crippen LogP contribution in [0.3, 0.4) is 0 Å². The molecule has 1 aromatic carbocycles. The van der Waals surface area contributed by atoms with Crippen molar-refractivity contribution in [1.82, 2.24) is 4.90 Å². The number of para-hydroxylation sites is 1. The molecular weight excluding hydrogens is 262 g/mol. The van der Waals surface area contributed by atoms with E-state index in [4.69, 9.17) is 5.73 Å². The Morgan fingerprint density at radius 3 is 2.52 bits per heavy atom. The van der Waals surface area contributed by atoms with Gasteiger partial charge in [0.05, 0.1) is 5.54 Å². The number of carbonyl (C=O) groups excluding carboxylic acids is 1. The van der Waals surface area contributed by atoms with Gasteiger partial charge in [-0.25, -0.2) is 0 Å². The Hall–Kier alpha value is -1.39. The van der Waals surface area contributed by atoms with Crippen LogP contribution in [0, 0.1) is 0 Å². The molecule has 3 rings (SSSR count). The van der Waals surface area contributed by atoms with E-state index in [1.54, 1.807) is 0 Å². The molecule has 4 heteroatoms. The van der Waals surface area contributed by atoms with Gasteiger partial charge in [-0.1, -0.05) is 31.0 Å². The van der Waals surface area contributed by atoms with Gasteiger partial charge in [0.2, 0.25) is 5.91 Å². The highest BCUT2D eigenvalue weighted by atomic mass is 16.2. The summed E-state index contributed by atoms with van der Waals surface area (Å²) < 4.78 is 0. The van der Waals surface area contributed by atoms with Gasteiger partial charge in [-0.2, -0.15) is 0 Å². The summed E-state index contributed by atoms with van der Waals surface area (Å²) >= 11 is 0. The zero-order chi connectivity index (χ0) is 14.7. The van der Waals surface area contributed by atoms with Gasteiger partial charge in [0.1, 0.15) is 0 Å². The Bertz CT molecular complexity index is 503. The molecule has 0 spiro atoms. The molecule has 3 N–H and O–H groups in total. The second-order valence-electron chi connectivity index (χ2n) is 6.46. The van der Waals surface area contributed by atoms with Crippen LogP contribution < -0.4 is 11.1 Å². The molecule has 0 atom stereocenters. The van der Waals surface area contributed by atoms with Crippen molar-refractivity contribution in [2.45, 2.75) is 50.6 Å². The first-order chi connectivity index (χ1) is 10.2. The fourth-order valence-corrected chi connectivity index (χ4v) is 3.44. The largest absolute Gasteiger partial charge is 0.324 e. The molecule has 1 aliphatic carbocycles. The highest BCUT2D eigenvalue weighted by molar-refractivity contribution is 5.98. The maximum Gasteiger partial charge on any atom is 0.244 e. The lowest BCUT2D eigenvalue weighted by Crippen LogP contribution is -2.48. The van der Waals surface area contributed by atoms with E-state index in [-0.39, 0.29) is 5.91 Å². The quantitative estimate of drug-likeness (QED) is 0.894. The number of anilines is 1. The summed E-state index contributed by atoms with van der Waals surface area (Å²) in [5, 5.41) is 3.08. The number of benzene rings is 1. The van der Waals surface area contributed by atoms with Crippen LogP contribution in [0.15, 0.2) is 24.3 Å². The number of rotatable bonds is 4. The Morgan fingerprint density at radius 2 is 1.81 bits per heavy atom. The molecule has 0 bridgehead atoms. The zero-order valence-electron chi connectivity index (χ0n) is 12.6. The lowest BCUT2D eigenvalue weighted by Gasteiger charge is -2.24. The van der Waals surface area contributed by atoms with Gasteiger partial charge < -0.3 is 11.1 Å². The van der Waals surface area contributed by atoms with E-state index in [1.807, 2.05) is 18.2 Å². The first-order valence-corrected chi connectivity index (χ1v) is 8.08. The van der Waals surface area contributed by atoms with Crippen LogP contribution in [0.5, 0.6) is 0 Å². The first kappa shape index (κ1) is 14.5. The monoisotopic (exact) mass is 287 g/mol. The number of nitrogens with zero attached hydrogens (tertiary/aromatic N) is 1. The molecule has 1 aliphatic heterocycles. The number of hydrogen-bond donors (Lipinski definition) is 2. The van der Waals surface area contributed by atoms with Gasteiger partial charge in [-0.05, 0) is 50.4 Å². The minimum absolute atomic E-state index is 0.0196. The highest BCUT2D eigenvalue weighted by Crippen LogP contribution is 2.29. The van der Waals surface area contributed by atoms with Crippen molar-refractivity contribution in [3.8, 4) is 0 Å². The smallest absolute Gasteiger partial charge is 0.244 e. The molecule has 2 aliphatic rings. The third-order valence-electron chi connectivity index (χ3n) is 4.81. The summed E-state index contributed by atoms with van der Waals surface area (Å²) in [5.41, 5.74) is 7.69. The summed E-state index contributed by atoms with van der Waals surface area (Å²) in [6, 6.07) is 8.10. The normalized spacial score (nSPS) is 21.6. The molecule has 4 nitrogen and oxygen atoms in total. The van der Waals surface area contributed by atoms with Crippen LogP contribution in [-0.2, 0) is 11.3 Å². The van der Waals surface area contributed by atoms with Gasteiger partial charge in [0.15, 0.2) is 0 Å². The number of amides is 1. The van der Waals surface area contributed by atoms with E-state index in [9.17, 15) is 4.79 Å². The fraction of sp³-hybridized carbons (Fsp3) is 0.588. The van der Waals surface area contributed by atoms with Crippen molar-refractivity contribution >= 4 is 11.6 Å². The number of hydrogen-bond acceptors (Lipinski definition) is 3. The van der Waals surface area contributed by atoms with Crippen molar-refractivity contribution in [2.75, 3.05) is 18.4 Å². The summed E-state index contributed by atoms with van der Waals surface area (Å²) in [4.78, 5) is 14.9. The van der Waals surface area contributed by atoms with Crippen LogP contribution >= 0.6 is 0 Å². The predicted octanol–water partition coefficient (Wildman–Crippen LogP) is 2.49. The molecule has 1 saturated heterocycles. The Balaban J connectivity index is 1.71. The minimum atomic E-state index is -0.666. The van der Waals surface area contributed by atoms with E-state index in [0.717, 1.165) is 51.0 Å². The van der Waals surface area contributed by atoms with Crippen molar-refractivity contribution in [3.63, 3.8) is 0 Å². The molecule has 1 aromatic rings. The van der Waals surface area contributed by atoms with E-state index in [1.165, 1.54) is 18.4 Å². The number of nitrogens with one attached hydrogen (secondary N) is 1. The average molecular weight is 287 g/mol. The van der Waals surface area contributed by atoms with Crippen LogP contribution in [0.1, 0.15) is 44.1 Å². The maximum absolute atomic E-state index is 12.5. The van der Waals surface area contributed by atoms with E-state index in [2.05, 4.69) is 16.3 Å². The van der Waals surface area contributed by atoms with Gasteiger partial charge in [0.25, 0.3) is 0 Å². The summed E-state index contributed by atoms with van der Waals surface area (Å²) in [6.07, 6.45) is 6.26. The van der Waals surface area contributed by atoms with Crippen LogP contribution in [0.2, 0.25) is 0 Å². The Morgan fingerprint density at radius 1 is 1.14 bits per heavy atom. The molecule has 2 fully saturated rings. The van der Waals surface area contributed by atoms with Gasteiger partial charge >= 0.3 is 0 Å². The summed E-state index contributed by atoms with van der Waals surface area (Å²) in [5.74, 6) is -0.0196. The molecular formula is C17H25N3O. The lowest BCUT2D eigenvalue weighted by molar-refractivity contribution is -0.121. The Kier molecular flexibility index (Phi) is 4.27. The van der Waals surface area contributed by atoms with Crippen molar-refractivity contribution in [2.24, 2.45) is 5.73 Å². The molecule has 1 saturated carbocycles. The van der Waals surface area contributed by atoms with Gasteiger partial charge in [-0.15, -0.1) is 0 Å². The van der Waals surface area contributed by atoms with Gasteiger partial charge in [-0.3, -0.25) is 9.69 Å². The van der Waals surface area contributed by atoms with Crippen molar-refractivity contribution in [1.29, 1.82) is 0 Å². The van der Waals surface area contributed by atoms with E-state index >= 15 is 0 Å². The average Bonchev–Trinajstić information content (AvgIpc) is 3.13. The molecule has 21 heavy (non-hydrogen) atoms. The van der Waals surface area contributed by atoms with E-state index < -0.39 is 5.54 Å². The maximum atomic E-state index is 12.5. The predicted molar refractivity (Wildman–Crippen MR) is 85.0 cm³/mol. The summed E-state index contributed by atoms with van der Waals surface area (Å²) in [7, 11) is 0. The molecule has 114 valence electrons. The number of carbonyl (C=O) groups is 1. The SMILES string of the molecule is NC1(C(=O)Nc2ccccc2CN2CCCC2)CCCC1. The Labute approximate surface area is 126 Å². The molecule has 1 amide bonds. The number of likely N-dealkylation sites (tertiary alicyclic amines) is 1.